The Balaban J connectivity index is 2.22. The van der Waals surface area contributed by atoms with Gasteiger partial charge in [-0.25, -0.2) is 9.18 Å². The van der Waals surface area contributed by atoms with Crippen LogP contribution in [0.2, 0.25) is 0 Å². The van der Waals surface area contributed by atoms with Gasteiger partial charge in [-0.1, -0.05) is 0 Å². The van der Waals surface area contributed by atoms with Crippen LogP contribution in [0.3, 0.4) is 0 Å². The van der Waals surface area contributed by atoms with E-state index in [0.29, 0.717) is 5.69 Å². The van der Waals surface area contributed by atoms with Gasteiger partial charge < -0.3 is 10.4 Å². The maximum Gasteiger partial charge on any atom is 0.329 e. The number of aryl methyl sites for hydroxylation is 1. The number of hydrogen-bond donors (Lipinski definition) is 3. The number of carbonyl (C=O) groups is 1. The number of carboxylic acid groups (broad SMARTS) is 1. The minimum absolute atomic E-state index is 0.0367. The molecule has 3 rings (SSSR count). The van der Waals surface area contributed by atoms with Gasteiger partial charge in [0, 0.05) is 12.7 Å². The number of fused-ring (bicyclic) bond motifs is 1. The summed E-state index contributed by atoms with van der Waals surface area (Å²) in [6, 6.07) is 5.30. The number of halogens is 1. The van der Waals surface area contributed by atoms with Crippen molar-refractivity contribution in [3.05, 3.63) is 50.9 Å². The zero-order valence-electron chi connectivity index (χ0n) is 12.4. The molecule has 9 nitrogen and oxygen atoms in total. The van der Waals surface area contributed by atoms with Gasteiger partial charge in [0.05, 0.1) is 0 Å². The molecule has 0 aliphatic carbocycles. The van der Waals surface area contributed by atoms with Gasteiger partial charge in [-0.05, 0) is 24.3 Å². The summed E-state index contributed by atoms with van der Waals surface area (Å²) in [5, 5.41) is 11.9. The molecular formula is C14H12FN5O4. The monoisotopic (exact) mass is 333 g/mol. The topological polar surface area (TPSA) is 122 Å². The van der Waals surface area contributed by atoms with Gasteiger partial charge >= 0.3 is 11.7 Å². The van der Waals surface area contributed by atoms with Crippen LogP contribution < -0.4 is 16.6 Å². The van der Waals surface area contributed by atoms with E-state index in [4.69, 9.17) is 5.11 Å². The highest BCUT2D eigenvalue weighted by molar-refractivity contribution is 5.78. The molecule has 0 fully saturated rings. The van der Waals surface area contributed by atoms with Crippen LogP contribution in [0.4, 0.5) is 16.0 Å². The standard InChI is InChI=1S/C14H12FN5O4/c1-19-11-10(12(23)18-14(19)24)20(6-9(21)22)13(17-11)16-8-4-2-7(15)3-5-8/h2-5H,6H2,1H3,(H,16,17)(H,21,22)(H,18,23,24). The Morgan fingerprint density at radius 1 is 1.33 bits per heavy atom. The fraction of sp³-hybridized carbons (Fsp3) is 0.143. The van der Waals surface area contributed by atoms with Crippen molar-refractivity contribution in [3.63, 3.8) is 0 Å². The predicted molar refractivity (Wildman–Crippen MR) is 82.9 cm³/mol. The lowest BCUT2D eigenvalue weighted by atomic mass is 10.3. The van der Waals surface area contributed by atoms with Crippen molar-refractivity contribution < 1.29 is 14.3 Å². The van der Waals surface area contributed by atoms with E-state index in [1.54, 1.807) is 0 Å². The fourth-order valence-electron chi connectivity index (χ4n) is 2.28. The Labute approximate surface area is 133 Å². The molecule has 0 amide bonds. The molecule has 2 heterocycles. The van der Waals surface area contributed by atoms with Gasteiger partial charge in [-0.3, -0.25) is 23.7 Å². The van der Waals surface area contributed by atoms with E-state index in [9.17, 15) is 18.8 Å². The summed E-state index contributed by atoms with van der Waals surface area (Å²) in [6.07, 6.45) is 0. The number of carboxylic acids is 1. The second-order valence-electron chi connectivity index (χ2n) is 5.04. The molecule has 0 bridgehead atoms. The van der Waals surface area contributed by atoms with Crippen LogP contribution in [-0.4, -0.2) is 30.2 Å². The van der Waals surface area contributed by atoms with Gasteiger partial charge in [0.15, 0.2) is 11.2 Å². The number of nitrogens with zero attached hydrogens (tertiary/aromatic N) is 3. The van der Waals surface area contributed by atoms with Crippen LogP contribution in [0.5, 0.6) is 0 Å². The Hall–Kier alpha value is -3.43. The highest BCUT2D eigenvalue weighted by Crippen LogP contribution is 2.20. The number of anilines is 2. The summed E-state index contributed by atoms with van der Waals surface area (Å²) in [4.78, 5) is 41.1. The van der Waals surface area contributed by atoms with Gasteiger partial charge in [0.1, 0.15) is 12.4 Å². The molecule has 0 saturated heterocycles. The molecule has 3 aromatic rings. The van der Waals surface area contributed by atoms with E-state index < -0.39 is 29.6 Å². The van der Waals surface area contributed by atoms with Crippen molar-refractivity contribution in [3.8, 4) is 0 Å². The zero-order valence-corrected chi connectivity index (χ0v) is 12.4. The molecule has 0 spiro atoms. The molecule has 0 aliphatic heterocycles. The number of aromatic amines is 1. The molecule has 24 heavy (non-hydrogen) atoms. The van der Waals surface area contributed by atoms with Crippen molar-refractivity contribution in [1.82, 2.24) is 19.1 Å². The van der Waals surface area contributed by atoms with E-state index in [2.05, 4.69) is 15.3 Å². The van der Waals surface area contributed by atoms with E-state index >= 15 is 0 Å². The number of aromatic nitrogens is 4. The largest absolute Gasteiger partial charge is 0.480 e. The Bertz CT molecular complexity index is 1050. The molecule has 0 atom stereocenters. The van der Waals surface area contributed by atoms with E-state index in [0.717, 1.165) is 9.13 Å². The van der Waals surface area contributed by atoms with Crippen molar-refractivity contribution in [1.29, 1.82) is 0 Å². The van der Waals surface area contributed by atoms with Gasteiger partial charge in [-0.15, -0.1) is 0 Å². The first-order valence-electron chi connectivity index (χ1n) is 6.80. The number of aliphatic carboxylic acids is 1. The van der Waals surface area contributed by atoms with Crippen molar-refractivity contribution in [2.45, 2.75) is 6.54 Å². The van der Waals surface area contributed by atoms with Gasteiger partial charge in [-0.2, -0.15) is 4.98 Å². The third kappa shape index (κ3) is 2.64. The third-order valence-corrected chi connectivity index (χ3v) is 3.40. The summed E-state index contributed by atoms with van der Waals surface area (Å²) < 4.78 is 15.2. The molecule has 2 aromatic heterocycles. The number of imidazole rings is 1. The Morgan fingerprint density at radius 2 is 2.00 bits per heavy atom. The van der Waals surface area contributed by atoms with E-state index in [1.807, 2.05) is 0 Å². The van der Waals surface area contributed by atoms with Crippen LogP contribution >= 0.6 is 0 Å². The number of rotatable bonds is 4. The fourth-order valence-corrected chi connectivity index (χ4v) is 2.28. The smallest absolute Gasteiger partial charge is 0.329 e. The van der Waals surface area contributed by atoms with Crippen LogP contribution in [0.1, 0.15) is 0 Å². The summed E-state index contributed by atoms with van der Waals surface area (Å²) in [6.45, 7) is -0.540. The summed E-state index contributed by atoms with van der Waals surface area (Å²) in [7, 11) is 1.40. The Morgan fingerprint density at radius 3 is 2.62 bits per heavy atom. The van der Waals surface area contributed by atoms with Crippen LogP contribution in [-0.2, 0) is 18.4 Å². The van der Waals surface area contributed by atoms with E-state index in [1.165, 1.54) is 31.3 Å². The second-order valence-corrected chi connectivity index (χ2v) is 5.04. The average molecular weight is 333 g/mol. The number of H-pyrrole nitrogens is 1. The number of hydrogen-bond acceptors (Lipinski definition) is 5. The minimum Gasteiger partial charge on any atom is -0.480 e. The number of benzene rings is 1. The SMILES string of the molecule is Cn1c(=O)[nH]c(=O)c2c1nc(Nc1ccc(F)cc1)n2CC(=O)O. The quantitative estimate of drug-likeness (QED) is 0.635. The summed E-state index contributed by atoms with van der Waals surface area (Å²) in [5.74, 6) is -1.58. The first-order chi connectivity index (χ1) is 11.4. The molecule has 0 radical (unpaired) electrons. The van der Waals surface area contributed by atoms with Crippen LogP contribution in [0.15, 0.2) is 33.9 Å². The van der Waals surface area contributed by atoms with Crippen molar-refractivity contribution in [2.24, 2.45) is 7.05 Å². The maximum absolute atomic E-state index is 13.0. The number of nitrogens with one attached hydrogen (secondary N) is 2. The zero-order chi connectivity index (χ0) is 17.4. The lowest BCUT2D eigenvalue weighted by Gasteiger charge is -2.08. The Kier molecular flexibility index (Phi) is 3.64. The minimum atomic E-state index is -1.19. The third-order valence-electron chi connectivity index (χ3n) is 3.40. The second kappa shape index (κ2) is 5.65. The molecule has 3 N–H and O–H groups in total. The van der Waals surface area contributed by atoms with Gasteiger partial charge in [0.2, 0.25) is 5.95 Å². The molecular weight excluding hydrogens is 321 g/mol. The highest BCUT2D eigenvalue weighted by atomic mass is 19.1. The highest BCUT2D eigenvalue weighted by Gasteiger charge is 2.19. The van der Waals surface area contributed by atoms with Crippen LogP contribution in [0.25, 0.3) is 11.2 Å². The average Bonchev–Trinajstić information content (AvgIpc) is 2.86. The van der Waals surface area contributed by atoms with Crippen LogP contribution in [0, 0.1) is 5.82 Å². The maximum atomic E-state index is 13.0. The predicted octanol–water partition coefficient (Wildman–Crippen LogP) is 0.391. The van der Waals surface area contributed by atoms with Gasteiger partial charge in [0.25, 0.3) is 5.56 Å². The normalized spacial score (nSPS) is 10.9. The molecule has 0 saturated carbocycles. The lowest BCUT2D eigenvalue weighted by molar-refractivity contribution is -0.137. The summed E-state index contributed by atoms with van der Waals surface area (Å²) >= 11 is 0. The van der Waals surface area contributed by atoms with Crippen molar-refractivity contribution >= 4 is 28.8 Å². The molecule has 1 aromatic carbocycles. The molecule has 0 aliphatic rings. The summed E-state index contributed by atoms with van der Waals surface area (Å²) in [5.41, 5.74) is -0.978. The molecule has 124 valence electrons. The first kappa shape index (κ1) is 15.5. The first-order valence-corrected chi connectivity index (χ1v) is 6.80. The molecule has 0 unspecified atom stereocenters. The van der Waals surface area contributed by atoms with Crippen molar-refractivity contribution in [2.75, 3.05) is 5.32 Å². The van der Waals surface area contributed by atoms with E-state index in [-0.39, 0.29) is 17.1 Å². The molecule has 10 heteroatoms. The lowest BCUT2D eigenvalue weighted by Crippen LogP contribution is -2.29.